The van der Waals surface area contributed by atoms with Gasteiger partial charge in [-0.15, -0.1) is 0 Å². The maximum Gasteiger partial charge on any atom is 0.319 e. The van der Waals surface area contributed by atoms with Crippen LogP contribution in [0.2, 0.25) is 0 Å². The Bertz CT molecular complexity index is 413. The van der Waals surface area contributed by atoms with E-state index in [0.29, 0.717) is 5.69 Å². The molecule has 17 heavy (non-hydrogen) atoms. The third-order valence-electron chi connectivity index (χ3n) is 1.90. The van der Waals surface area contributed by atoms with E-state index in [-0.39, 0.29) is 17.3 Å². The number of carbonyl (C=O) groups is 1. The Labute approximate surface area is 100 Å². The molecule has 0 aromatic heterocycles. The lowest BCUT2D eigenvalue weighted by atomic mass is 10.1. The van der Waals surface area contributed by atoms with E-state index in [1.54, 1.807) is 6.07 Å². The monoisotopic (exact) mass is 240 g/mol. The van der Waals surface area contributed by atoms with Crippen molar-refractivity contribution in [2.75, 3.05) is 12.4 Å². The molecule has 2 amide bonds. The number of amides is 2. The molecule has 0 saturated heterocycles. The van der Waals surface area contributed by atoms with Crippen LogP contribution in [-0.4, -0.2) is 18.7 Å². The van der Waals surface area contributed by atoms with Crippen molar-refractivity contribution >= 4 is 11.7 Å². The fraction of sp³-hybridized carbons (Fsp3) is 0.417. The predicted molar refractivity (Wildman–Crippen MR) is 64.9 cm³/mol. The van der Waals surface area contributed by atoms with Crippen LogP contribution in [0.3, 0.4) is 0 Å². The molecule has 0 atom stereocenters. The van der Waals surface area contributed by atoms with Crippen molar-refractivity contribution in [2.24, 2.45) is 0 Å². The van der Waals surface area contributed by atoms with E-state index in [2.05, 4.69) is 10.6 Å². The Morgan fingerprint density at radius 2 is 2.00 bits per heavy atom. The van der Waals surface area contributed by atoms with E-state index >= 15 is 0 Å². The van der Waals surface area contributed by atoms with Gasteiger partial charge in [0, 0.05) is 17.3 Å². The highest BCUT2D eigenvalue weighted by Crippen LogP contribution is 2.20. The van der Waals surface area contributed by atoms with Crippen LogP contribution >= 0.6 is 0 Å². The number of anilines is 1. The molecule has 1 aromatic carbocycles. The molecule has 0 spiro atoms. The lowest BCUT2D eigenvalue weighted by Crippen LogP contribution is -2.43. The number of hydrogen-bond acceptors (Lipinski definition) is 2. The van der Waals surface area contributed by atoms with E-state index in [0.717, 1.165) is 0 Å². The van der Waals surface area contributed by atoms with Gasteiger partial charge in [-0.25, -0.2) is 9.18 Å². The first-order valence-corrected chi connectivity index (χ1v) is 5.24. The van der Waals surface area contributed by atoms with Crippen LogP contribution in [0.5, 0.6) is 5.75 Å². The van der Waals surface area contributed by atoms with Gasteiger partial charge in [-0.1, -0.05) is 0 Å². The van der Waals surface area contributed by atoms with Crippen LogP contribution in [-0.2, 0) is 0 Å². The highest BCUT2D eigenvalue weighted by molar-refractivity contribution is 5.89. The number of halogens is 1. The Balaban J connectivity index is 2.69. The molecule has 0 unspecified atom stereocenters. The average Bonchev–Trinajstić information content (AvgIpc) is 2.14. The Morgan fingerprint density at radius 1 is 1.35 bits per heavy atom. The lowest BCUT2D eigenvalue weighted by molar-refractivity contribution is 0.244. The standard InChI is InChI=1S/C12H17FN2O2/c1-12(2,3)15-11(16)14-8-5-6-10(17-4)9(13)7-8/h5-7H,1-4H3,(H2,14,15,16). The highest BCUT2D eigenvalue weighted by atomic mass is 19.1. The fourth-order valence-electron chi connectivity index (χ4n) is 1.25. The molecule has 0 aliphatic carbocycles. The van der Waals surface area contributed by atoms with Gasteiger partial charge >= 0.3 is 6.03 Å². The lowest BCUT2D eigenvalue weighted by Gasteiger charge is -2.20. The molecule has 2 N–H and O–H groups in total. The van der Waals surface area contributed by atoms with Crippen molar-refractivity contribution in [1.82, 2.24) is 5.32 Å². The summed E-state index contributed by atoms with van der Waals surface area (Å²) in [4.78, 5) is 11.5. The second-order valence-corrected chi connectivity index (χ2v) is 4.68. The number of nitrogens with one attached hydrogen (secondary N) is 2. The molecule has 0 fully saturated rings. The van der Waals surface area contributed by atoms with Crippen molar-refractivity contribution < 1.29 is 13.9 Å². The molecule has 0 aliphatic rings. The number of benzene rings is 1. The number of hydrogen-bond donors (Lipinski definition) is 2. The van der Waals surface area contributed by atoms with Crippen LogP contribution in [0.15, 0.2) is 18.2 Å². The molecule has 94 valence electrons. The molecule has 1 aromatic rings. The molecule has 0 heterocycles. The van der Waals surface area contributed by atoms with Crippen LogP contribution in [0.1, 0.15) is 20.8 Å². The van der Waals surface area contributed by atoms with Crippen LogP contribution < -0.4 is 15.4 Å². The SMILES string of the molecule is COc1ccc(NC(=O)NC(C)(C)C)cc1F. The summed E-state index contributed by atoms with van der Waals surface area (Å²) in [5.74, 6) is -0.368. The first-order chi connectivity index (χ1) is 7.81. The normalized spacial score (nSPS) is 10.9. The Hall–Kier alpha value is -1.78. The quantitative estimate of drug-likeness (QED) is 0.835. The first-order valence-electron chi connectivity index (χ1n) is 5.24. The summed E-state index contributed by atoms with van der Waals surface area (Å²) in [5, 5.41) is 5.26. The van der Waals surface area contributed by atoms with E-state index < -0.39 is 5.82 Å². The van der Waals surface area contributed by atoms with E-state index in [9.17, 15) is 9.18 Å². The minimum Gasteiger partial charge on any atom is -0.494 e. The number of carbonyl (C=O) groups excluding carboxylic acids is 1. The summed E-state index contributed by atoms with van der Waals surface area (Å²) in [5.41, 5.74) is 0.0415. The molecule has 0 aliphatic heterocycles. The summed E-state index contributed by atoms with van der Waals surface area (Å²) in [7, 11) is 1.39. The summed E-state index contributed by atoms with van der Waals surface area (Å²) in [6, 6.07) is 3.87. The van der Waals surface area contributed by atoms with E-state index in [1.165, 1.54) is 19.2 Å². The average molecular weight is 240 g/mol. The summed E-state index contributed by atoms with van der Waals surface area (Å²) < 4.78 is 18.1. The zero-order valence-corrected chi connectivity index (χ0v) is 10.4. The Morgan fingerprint density at radius 3 is 2.47 bits per heavy atom. The molecule has 0 radical (unpaired) electrons. The zero-order valence-electron chi connectivity index (χ0n) is 10.4. The van der Waals surface area contributed by atoms with Crippen LogP contribution in [0, 0.1) is 5.82 Å². The molecule has 1 rings (SSSR count). The van der Waals surface area contributed by atoms with Gasteiger partial charge in [-0.2, -0.15) is 0 Å². The molecule has 0 saturated carbocycles. The number of methoxy groups -OCH3 is 1. The topological polar surface area (TPSA) is 50.4 Å². The molecule has 0 bridgehead atoms. The maximum absolute atomic E-state index is 13.3. The molecular formula is C12H17FN2O2. The minimum atomic E-state index is -0.513. The molecule has 5 heteroatoms. The van der Waals surface area contributed by atoms with Crippen molar-refractivity contribution in [3.63, 3.8) is 0 Å². The van der Waals surface area contributed by atoms with Gasteiger partial charge in [0.05, 0.1) is 7.11 Å². The predicted octanol–water partition coefficient (Wildman–Crippen LogP) is 2.75. The second kappa shape index (κ2) is 5.03. The van der Waals surface area contributed by atoms with Crippen molar-refractivity contribution in [1.29, 1.82) is 0 Å². The van der Waals surface area contributed by atoms with Gasteiger partial charge in [-0.3, -0.25) is 0 Å². The number of rotatable bonds is 2. The first kappa shape index (κ1) is 13.3. The highest BCUT2D eigenvalue weighted by Gasteiger charge is 2.14. The number of urea groups is 1. The van der Waals surface area contributed by atoms with Gasteiger partial charge in [0.15, 0.2) is 11.6 Å². The summed E-state index contributed by atoms with van der Waals surface area (Å²) >= 11 is 0. The number of ether oxygens (including phenoxy) is 1. The van der Waals surface area contributed by atoms with Gasteiger partial charge in [0.2, 0.25) is 0 Å². The van der Waals surface area contributed by atoms with E-state index in [1.807, 2.05) is 20.8 Å². The third kappa shape index (κ3) is 4.30. The van der Waals surface area contributed by atoms with Gasteiger partial charge < -0.3 is 15.4 Å². The third-order valence-corrected chi connectivity index (χ3v) is 1.90. The van der Waals surface area contributed by atoms with Crippen LogP contribution in [0.4, 0.5) is 14.9 Å². The van der Waals surface area contributed by atoms with E-state index in [4.69, 9.17) is 4.74 Å². The van der Waals surface area contributed by atoms with Crippen molar-refractivity contribution in [3.05, 3.63) is 24.0 Å². The summed E-state index contributed by atoms with van der Waals surface area (Å²) in [6.45, 7) is 5.59. The largest absolute Gasteiger partial charge is 0.494 e. The van der Waals surface area contributed by atoms with Gasteiger partial charge in [-0.05, 0) is 32.9 Å². The molecule has 4 nitrogen and oxygen atoms in total. The Kier molecular flexibility index (Phi) is 3.93. The molecular weight excluding hydrogens is 223 g/mol. The van der Waals surface area contributed by atoms with Gasteiger partial charge in [0.25, 0.3) is 0 Å². The van der Waals surface area contributed by atoms with Crippen LogP contribution in [0.25, 0.3) is 0 Å². The van der Waals surface area contributed by atoms with Crippen molar-refractivity contribution in [2.45, 2.75) is 26.3 Å². The maximum atomic E-state index is 13.3. The second-order valence-electron chi connectivity index (χ2n) is 4.68. The van der Waals surface area contributed by atoms with Crippen molar-refractivity contribution in [3.8, 4) is 5.75 Å². The summed E-state index contributed by atoms with van der Waals surface area (Å²) in [6.07, 6.45) is 0. The smallest absolute Gasteiger partial charge is 0.319 e. The van der Waals surface area contributed by atoms with Gasteiger partial charge in [0.1, 0.15) is 0 Å². The zero-order chi connectivity index (χ0) is 13.1. The minimum absolute atomic E-state index is 0.145. The fourth-order valence-corrected chi connectivity index (χ4v) is 1.25.